The molecule has 0 radical (unpaired) electrons. The topological polar surface area (TPSA) is 55.8 Å². The number of fused-ring (bicyclic) bond motifs is 2. The van der Waals surface area contributed by atoms with Crippen molar-refractivity contribution in [2.75, 3.05) is 6.61 Å². The van der Waals surface area contributed by atoms with Crippen LogP contribution < -0.4 is 0 Å². The van der Waals surface area contributed by atoms with E-state index in [2.05, 4.69) is 9.47 Å². The average molecular weight is 476 g/mol. The molecule has 3 aliphatic rings. The maximum Gasteiger partial charge on any atom is 0.458 e. The Morgan fingerprint density at radius 1 is 1.00 bits per heavy atom. The van der Waals surface area contributed by atoms with E-state index in [1.807, 2.05) is 6.92 Å². The number of hydrogen-bond acceptors (Lipinski definition) is 4. The Bertz CT molecular complexity index is 748. The van der Waals surface area contributed by atoms with E-state index < -0.39 is 60.0 Å². The van der Waals surface area contributed by atoms with Crippen molar-refractivity contribution >= 4 is 5.97 Å². The Labute approximate surface area is 168 Å². The van der Waals surface area contributed by atoms with Crippen LogP contribution in [-0.4, -0.2) is 53.3 Å². The molecule has 2 aliphatic carbocycles. The van der Waals surface area contributed by atoms with Crippen LogP contribution in [0.2, 0.25) is 0 Å². The summed E-state index contributed by atoms with van der Waals surface area (Å²) in [4.78, 5) is 12.5. The third-order valence-electron chi connectivity index (χ3n) is 7.14. The largest absolute Gasteiger partial charge is 0.458 e. The molecule has 4 nitrogen and oxygen atoms in total. The minimum absolute atomic E-state index is 0.0569. The van der Waals surface area contributed by atoms with E-state index in [4.69, 9.17) is 0 Å². The maximum absolute atomic E-state index is 14.7. The highest BCUT2D eigenvalue weighted by atomic mass is 19.4. The lowest BCUT2D eigenvalue weighted by atomic mass is 9.75. The lowest BCUT2D eigenvalue weighted by Gasteiger charge is -2.42. The van der Waals surface area contributed by atoms with Crippen molar-refractivity contribution in [2.24, 2.45) is 29.6 Å². The van der Waals surface area contributed by atoms with Crippen LogP contribution in [0.3, 0.4) is 0 Å². The van der Waals surface area contributed by atoms with Gasteiger partial charge in [0.2, 0.25) is 0 Å². The molecule has 0 amide bonds. The standard InChI is InChI=1S/C17H18F10O4/c1-6-7(2)9-3-8(6)4-10(9)11(28)31-12(14(20,21)16(22,23)24)5-30-15(29,13(12,18)19)17(25,26)27/h6-10,29H,3-5H2,1-2H3. The molecule has 180 valence electrons. The highest BCUT2D eigenvalue weighted by Crippen LogP contribution is 2.63. The molecule has 0 spiro atoms. The average Bonchev–Trinajstić information content (AvgIpc) is 3.21. The van der Waals surface area contributed by atoms with Crippen LogP contribution in [0, 0.1) is 29.6 Å². The van der Waals surface area contributed by atoms with Crippen LogP contribution in [0.15, 0.2) is 0 Å². The Morgan fingerprint density at radius 2 is 1.55 bits per heavy atom. The van der Waals surface area contributed by atoms with Gasteiger partial charge in [0, 0.05) is 0 Å². The van der Waals surface area contributed by atoms with E-state index in [1.54, 1.807) is 6.92 Å². The van der Waals surface area contributed by atoms with Crippen molar-refractivity contribution < 1.29 is 63.3 Å². The third-order valence-corrected chi connectivity index (χ3v) is 7.14. The number of alkyl halides is 10. The number of carbonyl (C=O) groups is 1. The maximum atomic E-state index is 14.7. The van der Waals surface area contributed by atoms with Crippen molar-refractivity contribution in [1.82, 2.24) is 0 Å². The molecular formula is C17H18F10O4. The number of aliphatic hydroxyl groups is 1. The van der Waals surface area contributed by atoms with Gasteiger partial charge in [-0.2, -0.15) is 43.9 Å². The molecular weight excluding hydrogens is 458 g/mol. The smallest absolute Gasteiger partial charge is 0.443 e. The van der Waals surface area contributed by atoms with Crippen LogP contribution in [0.5, 0.6) is 0 Å². The molecule has 7 atom stereocenters. The Morgan fingerprint density at radius 3 is 1.94 bits per heavy atom. The summed E-state index contributed by atoms with van der Waals surface area (Å²) >= 11 is 0. The molecule has 1 aliphatic heterocycles. The first-order valence-electron chi connectivity index (χ1n) is 9.23. The van der Waals surface area contributed by atoms with E-state index in [9.17, 15) is 53.8 Å². The summed E-state index contributed by atoms with van der Waals surface area (Å²) in [5.41, 5.74) is -5.46. The monoisotopic (exact) mass is 476 g/mol. The lowest BCUT2D eigenvalue weighted by molar-refractivity contribution is -0.428. The fraction of sp³-hybridized carbons (Fsp3) is 0.941. The number of esters is 1. The van der Waals surface area contributed by atoms with Crippen LogP contribution >= 0.6 is 0 Å². The zero-order chi connectivity index (χ0) is 24.0. The Kier molecular flexibility index (Phi) is 5.19. The number of ether oxygens (including phenoxy) is 2. The molecule has 31 heavy (non-hydrogen) atoms. The SMILES string of the molecule is CC1C2CC(C(=O)OC3(C(F)(F)C(F)(F)F)COC(O)(C(F)(F)F)C3(F)F)C(C2)C1C. The van der Waals surface area contributed by atoms with Crippen LogP contribution in [0.1, 0.15) is 26.7 Å². The molecule has 1 saturated heterocycles. The van der Waals surface area contributed by atoms with E-state index in [-0.39, 0.29) is 24.2 Å². The highest BCUT2D eigenvalue weighted by molar-refractivity contribution is 5.74. The summed E-state index contributed by atoms with van der Waals surface area (Å²) in [5, 5.41) is 9.29. The summed E-state index contributed by atoms with van der Waals surface area (Å²) < 4.78 is 143. The van der Waals surface area contributed by atoms with Crippen LogP contribution in [-0.2, 0) is 14.3 Å². The van der Waals surface area contributed by atoms with Crippen molar-refractivity contribution in [3.8, 4) is 0 Å². The summed E-state index contributed by atoms with van der Waals surface area (Å²) in [5.74, 6) is -23.0. The molecule has 0 aromatic heterocycles. The zero-order valence-electron chi connectivity index (χ0n) is 16.0. The second kappa shape index (κ2) is 6.61. The summed E-state index contributed by atoms with van der Waals surface area (Å²) in [6.45, 7) is 0.754. The van der Waals surface area contributed by atoms with Crippen molar-refractivity contribution in [1.29, 1.82) is 0 Å². The van der Waals surface area contributed by atoms with Crippen LogP contribution in [0.25, 0.3) is 0 Å². The first kappa shape index (κ1) is 24.3. The second-order valence-electron chi connectivity index (χ2n) is 8.55. The second-order valence-corrected chi connectivity index (χ2v) is 8.55. The molecule has 7 unspecified atom stereocenters. The first-order valence-corrected chi connectivity index (χ1v) is 9.23. The molecule has 1 N–H and O–H groups in total. The summed E-state index contributed by atoms with van der Waals surface area (Å²) in [6.07, 6.45) is -13.0. The van der Waals surface area contributed by atoms with Crippen molar-refractivity contribution in [3.05, 3.63) is 0 Å². The van der Waals surface area contributed by atoms with Gasteiger partial charge in [-0.3, -0.25) is 4.79 Å². The quantitative estimate of drug-likeness (QED) is 0.488. The fourth-order valence-electron chi connectivity index (χ4n) is 5.05. The Balaban J connectivity index is 2.05. The van der Waals surface area contributed by atoms with Gasteiger partial charge in [-0.05, 0) is 36.5 Å². The summed E-state index contributed by atoms with van der Waals surface area (Å²) in [6, 6.07) is 0. The molecule has 2 saturated carbocycles. The molecule has 1 heterocycles. The van der Waals surface area contributed by atoms with Crippen molar-refractivity contribution in [2.45, 2.75) is 62.3 Å². The van der Waals surface area contributed by atoms with Gasteiger partial charge in [-0.15, -0.1) is 0 Å². The van der Waals surface area contributed by atoms with E-state index in [1.165, 1.54) is 0 Å². The van der Waals surface area contributed by atoms with Gasteiger partial charge in [0.25, 0.3) is 5.60 Å². The number of rotatable bonds is 3. The van der Waals surface area contributed by atoms with E-state index >= 15 is 0 Å². The fourth-order valence-corrected chi connectivity index (χ4v) is 5.05. The van der Waals surface area contributed by atoms with Gasteiger partial charge >= 0.3 is 36.0 Å². The zero-order valence-corrected chi connectivity index (χ0v) is 16.0. The summed E-state index contributed by atoms with van der Waals surface area (Å²) in [7, 11) is 0. The predicted octanol–water partition coefficient (Wildman–Crippen LogP) is 4.31. The van der Waals surface area contributed by atoms with Gasteiger partial charge in [0.05, 0.1) is 5.92 Å². The van der Waals surface area contributed by atoms with Gasteiger partial charge < -0.3 is 14.6 Å². The van der Waals surface area contributed by atoms with Gasteiger partial charge in [0.1, 0.15) is 6.61 Å². The van der Waals surface area contributed by atoms with Gasteiger partial charge in [0.15, 0.2) is 0 Å². The minimum Gasteiger partial charge on any atom is -0.443 e. The predicted molar refractivity (Wildman–Crippen MR) is 79.8 cm³/mol. The molecule has 0 aromatic rings. The minimum atomic E-state index is -6.85. The van der Waals surface area contributed by atoms with Gasteiger partial charge in [-0.1, -0.05) is 13.8 Å². The van der Waals surface area contributed by atoms with E-state index in [0.717, 1.165) is 0 Å². The van der Waals surface area contributed by atoms with Crippen LogP contribution in [0.4, 0.5) is 43.9 Å². The Hall–Kier alpha value is -1.31. The molecule has 3 rings (SSSR count). The van der Waals surface area contributed by atoms with Gasteiger partial charge in [-0.25, -0.2) is 0 Å². The number of carbonyl (C=O) groups excluding carboxylic acids is 1. The first-order chi connectivity index (χ1) is 13.8. The normalized spacial score (nSPS) is 42.8. The highest BCUT2D eigenvalue weighted by Gasteiger charge is 2.93. The number of hydrogen-bond donors (Lipinski definition) is 1. The molecule has 3 fully saturated rings. The van der Waals surface area contributed by atoms with E-state index in [0.29, 0.717) is 6.42 Å². The lowest BCUT2D eigenvalue weighted by Crippen LogP contribution is -2.73. The molecule has 2 bridgehead atoms. The third kappa shape index (κ3) is 2.92. The number of halogens is 10. The molecule has 0 aromatic carbocycles. The molecule has 14 heteroatoms. The van der Waals surface area contributed by atoms with Crippen molar-refractivity contribution in [3.63, 3.8) is 0 Å².